The van der Waals surface area contributed by atoms with Crippen LogP contribution in [-0.4, -0.2) is 50.1 Å². The number of alkyl halides is 3. The molecule has 5 rings (SSSR count). The highest BCUT2D eigenvalue weighted by molar-refractivity contribution is 5.99. The van der Waals surface area contributed by atoms with Crippen molar-refractivity contribution in [3.63, 3.8) is 0 Å². The number of aryl methyl sites for hydroxylation is 1. The molecular formula is C24H22F4N8O. The molecule has 1 fully saturated rings. The molecule has 0 bridgehead atoms. The van der Waals surface area contributed by atoms with Gasteiger partial charge >= 0.3 is 12.2 Å². The number of hydrogen-bond acceptors (Lipinski definition) is 6. The topological polar surface area (TPSA) is 101 Å². The normalized spacial score (nSPS) is 14.7. The Morgan fingerprint density at radius 3 is 2.54 bits per heavy atom. The Balaban J connectivity index is 1.27. The molecule has 192 valence electrons. The minimum absolute atomic E-state index is 0.267. The molecule has 0 radical (unpaired) electrons. The molecule has 4 heterocycles. The first kappa shape index (κ1) is 24.4. The van der Waals surface area contributed by atoms with E-state index in [0.29, 0.717) is 43.5 Å². The number of carbonyl (C=O) groups is 1. The van der Waals surface area contributed by atoms with Crippen LogP contribution in [0.15, 0.2) is 48.9 Å². The fraction of sp³-hybridized carbons (Fsp3) is 0.292. The Kier molecular flexibility index (Phi) is 6.36. The number of piperidine rings is 1. The van der Waals surface area contributed by atoms with Crippen molar-refractivity contribution in [2.45, 2.75) is 25.1 Å². The van der Waals surface area contributed by atoms with Crippen molar-refractivity contribution in [1.82, 2.24) is 30.3 Å². The molecular weight excluding hydrogens is 492 g/mol. The maximum absolute atomic E-state index is 13.3. The Hall–Kier alpha value is -4.29. The largest absolute Gasteiger partial charge is 0.418 e. The zero-order valence-corrected chi connectivity index (χ0v) is 19.6. The third-order valence-electron chi connectivity index (χ3n) is 6.29. The smallest absolute Gasteiger partial charge is 0.354 e. The molecule has 0 saturated carbocycles. The van der Waals surface area contributed by atoms with E-state index in [2.05, 4.69) is 30.9 Å². The van der Waals surface area contributed by atoms with E-state index in [1.165, 1.54) is 0 Å². The molecule has 0 atom stereocenters. The van der Waals surface area contributed by atoms with Crippen LogP contribution in [0, 0.1) is 5.82 Å². The number of amides is 2. The first-order valence-electron chi connectivity index (χ1n) is 11.5. The first-order chi connectivity index (χ1) is 17.7. The van der Waals surface area contributed by atoms with Gasteiger partial charge in [0.25, 0.3) is 0 Å². The molecule has 2 N–H and O–H groups in total. The van der Waals surface area contributed by atoms with E-state index in [9.17, 15) is 22.4 Å². The minimum atomic E-state index is -4.80. The van der Waals surface area contributed by atoms with Crippen LogP contribution in [-0.2, 0) is 13.2 Å². The van der Waals surface area contributed by atoms with Gasteiger partial charge in [-0.25, -0.2) is 9.18 Å². The van der Waals surface area contributed by atoms with Gasteiger partial charge in [0.05, 0.1) is 16.9 Å². The summed E-state index contributed by atoms with van der Waals surface area (Å²) in [5.41, 5.74) is -0.245. The second-order valence-corrected chi connectivity index (χ2v) is 8.68. The van der Waals surface area contributed by atoms with Gasteiger partial charge in [-0.05, 0) is 43.2 Å². The predicted octanol–water partition coefficient (Wildman–Crippen LogP) is 4.37. The lowest BCUT2D eigenvalue weighted by molar-refractivity contribution is -0.137. The van der Waals surface area contributed by atoms with Crippen LogP contribution >= 0.6 is 0 Å². The number of rotatable bonds is 4. The van der Waals surface area contributed by atoms with E-state index < -0.39 is 29.3 Å². The molecule has 1 aliphatic heterocycles. The van der Waals surface area contributed by atoms with Crippen molar-refractivity contribution in [3.8, 4) is 11.4 Å². The summed E-state index contributed by atoms with van der Waals surface area (Å²) in [6.45, 7) is 1.08. The lowest BCUT2D eigenvalue weighted by Crippen LogP contribution is -2.46. The summed E-state index contributed by atoms with van der Waals surface area (Å²) in [5, 5.41) is 19.7. The maximum Gasteiger partial charge on any atom is 0.418 e. The summed E-state index contributed by atoms with van der Waals surface area (Å²) >= 11 is 0. The lowest BCUT2D eigenvalue weighted by atomic mass is 10.0. The Bertz CT molecular complexity index is 1450. The molecule has 0 unspecified atom stereocenters. The van der Waals surface area contributed by atoms with Gasteiger partial charge in [-0.3, -0.25) is 9.67 Å². The maximum atomic E-state index is 13.3. The highest BCUT2D eigenvalue weighted by Crippen LogP contribution is 2.35. The highest BCUT2D eigenvalue weighted by atomic mass is 19.4. The summed E-state index contributed by atoms with van der Waals surface area (Å²) in [5.74, 6) is -0.372. The first-order valence-corrected chi connectivity index (χ1v) is 11.5. The van der Waals surface area contributed by atoms with Crippen molar-refractivity contribution in [2.75, 3.05) is 23.3 Å². The van der Waals surface area contributed by atoms with Crippen molar-refractivity contribution in [1.29, 1.82) is 0 Å². The highest BCUT2D eigenvalue weighted by Gasteiger charge is 2.34. The third kappa shape index (κ3) is 5.01. The van der Waals surface area contributed by atoms with Crippen molar-refractivity contribution >= 4 is 28.3 Å². The number of fused-ring (bicyclic) bond motifs is 1. The van der Waals surface area contributed by atoms with E-state index in [1.54, 1.807) is 23.3 Å². The fourth-order valence-corrected chi connectivity index (χ4v) is 4.45. The summed E-state index contributed by atoms with van der Waals surface area (Å²) in [4.78, 5) is 18.7. The van der Waals surface area contributed by atoms with Crippen LogP contribution in [0.2, 0.25) is 0 Å². The lowest BCUT2D eigenvalue weighted by Gasteiger charge is -2.33. The van der Waals surface area contributed by atoms with Crippen LogP contribution in [0.4, 0.5) is 33.9 Å². The molecule has 1 aromatic carbocycles. The van der Waals surface area contributed by atoms with Crippen molar-refractivity contribution < 1.29 is 22.4 Å². The summed E-state index contributed by atoms with van der Waals surface area (Å²) < 4.78 is 54.7. The van der Waals surface area contributed by atoms with Gasteiger partial charge in [0, 0.05) is 55.5 Å². The Labute approximate surface area is 208 Å². The third-order valence-corrected chi connectivity index (χ3v) is 6.29. The molecule has 0 spiro atoms. The predicted molar refractivity (Wildman–Crippen MR) is 128 cm³/mol. The molecule has 13 heteroatoms. The van der Waals surface area contributed by atoms with Crippen LogP contribution in [0.5, 0.6) is 0 Å². The number of benzene rings is 1. The van der Waals surface area contributed by atoms with Crippen LogP contribution in [0.3, 0.4) is 0 Å². The Morgan fingerprint density at radius 1 is 1.05 bits per heavy atom. The second-order valence-electron chi connectivity index (χ2n) is 8.68. The number of nitrogens with one attached hydrogen (secondary N) is 2. The summed E-state index contributed by atoms with van der Waals surface area (Å²) in [6.07, 6.45) is 1.38. The zero-order valence-electron chi connectivity index (χ0n) is 19.6. The zero-order chi connectivity index (χ0) is 26.2. The Morgan fingerprint density at radius 2 is 1.84 bits per heavy atom. The van der Waals surface area contributed by atoms with E-state index in [-0.39, 0.29) is 6.04 Å². The van der Waals surface area contributed by atoms with Gasteiger partial charge in [0.2, 0.25) is 0 Å². The van der Waals surface area contributed by atoms with E-state index >= 15 is 0 Å². The van der Waals surface area contributed by atoms with Gasteiger partial charge in [-0.2, -0.15) is 18.3 Å². The average Bonchev–Trinajstić information content (AvgIpc) is 3.30. The minimum Gasteiger partial charge on any atom is -0.354 e. The van der Waals surface area contributed by atoms with Gasteiger partial charge in [0.1, 0.15) is 11.5 Å². The van der Waals surface area contributed by atoms with E-state index in [4.69, 9.17) is 0 Å². The standard InChI is InChI=1S/C24H22F4N8O/c1-35-20(5-9-30-35)21-16-4-8-29-13-17(16)22(34-33-21)36-10-6-15(7-11-36)31-23(37)32-19-3-2-14(25)12-18(19)24(26,27)28/h2-5,8-9,12-13,15H,6-7,10-11H2,1H3,(H2,31,32,37). The monoisotopic (exact) mass is 514 g/mol. The number of hydrogen-bond donors (Lipinski definition) is 2. The number of aromatic nitrogens is 5. The quantitative estimate of drug-likeness (QED) is 0.392. The average molecular weight is 514 g/mol. The molecule has 1 aliphatic rings. The van der Waals surface area contributed by atoms with Crippen LogP contribution in [0.25, 0.3) is 22.2 Å². The van der Waals surface area contributed by atoms with Gasteiger partial charge in [-0.1, -0.05) is 0 Å². The number of pyridine rings is 1. The van der Waals surface area contributed by atoms with Gasteiger partial charge in [0.15, 0.2) is 5.82 Å². The van der Waals surface area contributed by atoms with Gasteiger partial charge in [-0.15, -0.1) is 10.2 Å². The number of nitrogens with zero attached hydrogens (tertiary/aromatic N) is 6. The number of anilines is 2. The van der Waals surface area contributed by atoms with Crippen LogP contribution < -0.4 is 15.5 Å². The molecule has 0 aliphatic carbocycles. The molecule has 1 saturated heterocycles. The van der Waals surface area contributed by atoms with Crippen molar-refractivity contribution in [3.05, 3.63) is 60.3 Å². The molecule has 9 nitrogen and oxygen atoms in total. The van der Waals surface area contributed by atoms with Gasteiger partial charge < -0.3 is 15.5 Å². The molecule has 2 amide bonds. The molecule has 3 aromatic heterocycles. The summed E-state index contributed by atoms with van der Waals surface area (Å²) in [6, 6.07) is 4.79. The number of urea groups is 1. The van der Waals surface area contributed by atoms with Crippen molar-refractivity contribution in [2.24, 2.45) is 7.05 Å². The SMILES string of the molecule is Cn1nccc1-c1nnc(N2CCC(NC(=O)Nc3ccc(F)cc3C(F)(F)F)CC2)c2cnccc12. The van der Waals surface area contributed by atoms with E-state index in [0.717, 1.165) is 28.6 Å². The fourth-order valence-electron chi connectivity index (χ4n) is 4.45. The van der Waals surface area contributed by atoms with E-state index in [1.807, 2.05) is 24.1 Å². The molecule has 37 heavy (non-hydrogen) atoms. The summed E-state index contributed by atoms with van der Waals surface area (Å²) in [7, 11) is 1.83. The molecule has 4 aromatic rings. The van der Waals surface area contributed by atoms with Crippen LogP contribution in [0.1, 0.15) is 18.4 Å². The second kappa shape index (κ2) is 9.64. The number of halogens is 4. The number of carbonyl (C=O) groups excluding carboxylic acids is 1.